The van der Waals surface area contributed by atoms with Crippen LogP contribution in [0.3, 0.4) is 0 Å². The van der Waals surface area contributed by atoms with Gasteiger partial charge in [0.1, 0.15) is 5.69 Å². The fraction of sp³-hybridized carbons (Fsp3) is 0.389. The lowest BCUT2D eigenvalue weighted by atomic mass is 10.1. The van der Waals surface area contributed by atoms with E-state index in [1.54, 1.807) is 6.07 Å². The van der Waals surface area contributed by atoms with Gasteiger partial charge < -0.3 is 10.2 Å². The number of rotatable bonds is 5. The molecule has 2 aromatic rings. The van der Waals surface area contributed by atoms with Crippen molar-refractivity contribution in [3.63, 3.8) is 0 Å². The molecule has 1 saturated heterocycles. The van der Waals surface area contributed by atoms with E-state index in [2.05, 4.69) is 15.5 Å². The van der Waals surface area contributed by atoms with Gasteiger partial charge in [-0.05, 0) is 24.1 Å². The van der Waals surface area contributed by atoms with E-state index >= 15 is 0 Å². The fourth-order valence-corrected chi connectivity index (χ4v) is 3.08. The molecule has 1 atom stereocenters. The van der Waals surface area contributed by atoms with Gasteiger partial charge in [-0.15, -0.1) is 0 Å². The number of H-pyrrole nitrogens is 1. The van der Waals surface area contributed by atoms with Gasteiger partial charge in [-0.1, -0.05) is 25.1 Å². The Morgan fingerprint density at radius 1 is 1.37 bits per heavy atom. The van der Waals surface area contributed by atoms with Crippen LogP contribution in [0.4, 0.5) is 13.2 Å². The third-order valence-electron chi connectivity index (χ3n) is 4.48. The van der Waals surface area contributed by atoms with Gasteiger partial charge in [0.15, 0.2) is 0 Å². The number of aromatic nitrogens is 2. The van der Waals surface area contributed by atoms with Crippen LogP contribution >= 0.6 is 0 Å². The predicted octanol–water partition coefficient (Wildman–Crippen LogP) is 2.52. The van der Waals surface area contributed by atoms with Crippen molar-refractivity contribution in [1.82, 2.24) is 20.4 Å². The van der Waals surface area contributed by atoms with E-state index in [1.807, 2.05) is 6.92 Å². The van der Waals surface area contributed by atoms with Crippen molar-refractivity contribution in [2.75, 3.05) is 6.54 Å². The molecule has 27 heavy (non-hydrogen) atoms. The number of benzene rings is 1. The SMILES string of the molecule is CCc1cc(C(=O)NC2CC(=O)N(Cc3ccccc3C(F)(F)F)C2)n[nH]1. The van der Waals surface area contributed by atoms with Gasteiger partial charge in [0.05, 0.1) is 11.6 Å². The molecule has 1 aromatic carbocycles. The van der Waals surface area contributed by atoms with Crippen LogP contribution in [-0.2, 0) is 23.9 Å². The molecule has 6 nitrogen and oxygen atoms in total. The van der Waals surface area contributed by atoms with Crippen molar-refractivity contribution in [1.29, 1.82) is 0 Å². The molecule has 2 heterocycles. The van der Waals surface area contributed by atoms with E-state index in [-0.39, 0.29) is 36.7 Å². The summed E-state index contributed by atoms with van der Waals surface area (Å²) in [5.74, 6) is -0.713. The van der Waals surface area contributed by atoms with Crippen molar-refractivity contribution in [2.24, 2.45) is 0 Å². The summed E-state index contributed by atoms with van der Waals surface area (Å²) < 4.78 is 39.4. The van der Waals surface area contributed by atoms with Gasteiger partial charge >= 0.3 is 6.18 Å². The molecule has 1 aromatic heterocycles. The number of hydrogen-bond donors (Lipinski definition) is 2. The summed E-state index contributed by atoms with van der Waals surface area (Å²) in [6, 6.07) is 6.34. The molecule has 9 heteroatoms. The van der Waals surface area contributed by atoms with Crippen LogP contribution in [0.25, 0.3) is 0 Å². The van der Waals surface area contributed by atoms with Gasteiger partial charge in [0, 0.05) is 25.2 Å². The van der Waals surface area contributed by atoms with Crippen molar-refractivity contribution in [3.8, 4) is 0 Å². The van der Waals surface area contributed by atoms with Crippen LogP contribution in [0.5, 0.6) is 0 Å². The van der Waals surface area contributed by atoms with Crippen LogP contribution in [0, 0.1) is 0 Å². The number of likely N-dealkylation sites (tertiary alicyclic amines) is 1. The number of amides is 2. The number of nitrogens with one attached hydrogen (secondary N) is 2. The van der Waals surface area contributed by atoms with E-state index in [0.717, 1.165) is 11.8 Å². The van der Waals surface area contributed by atoms with Crippen molar-refractivity contribution >= 4 is 11.8 Å². The highest BCUT2D eigenvalue weighted by molar-refractivity contribution is 5.93. The van der Waals surface area contributed by atoms with E-state index in [9.17, 15) is 22.8 Å². The Hall–Kier alpha value is -2.84. The summed E-state index contributed by atoms with van der Waals surface area (Å²) in [6.07, 6.45) is -3.73. The first kappa shape index (κ1) is 18.9. The van der Waals surface area contributed by atoms with Gasteiger partial charge in [-0.3, -0.25) is 14.7 Å². The number of aryl methyl sites for hydroxylation is 1. The van der Waals surface area contributed by atoms with Crippen LogP contribution in [0.1, 0.15) is 40.7 Å². The van der Waals surface area contributed by atoms with Gasteiger partial charge in [-0.2, -0.15) is 18.3 Å². The summed E-state index contributed by atoms with van der Waals surface area (Å²) in [6.45, 7) is 1.92. The summed E-state index contributed by atoms with van der Waals surface area (Å²) in [5.41, 5.74) is 0.312. The number of halogens is 3. The lowest BCUT2D eigenvalue weighted by molar-refractivity contribution is -0.139. The fourth-order valence-electron chi connectivity index (χ4n) is 3.08. The molecule has 0 bridgehead atoms. The Morgan fingerprint density at radius 3 is 2.78 bits per heavy atom. The summed E-state index contributed by atoms with van der Waals surface area (Å²) in [7, 11) is 0. The van der Waals surface area contributed by atoms with Crippen molar-refractivity contribution < 1.29 is 22.8 Å². The molecule has 0 radical (unpaired) electrons. The van der Waals surface area contributed by atoms with Crippen LogP contribution in [-0.4, -0.2) is 39.5 Å². The third-order valence-corrected chi connectivity index (χ3v) is 4.48. The number of nitrogens with zero attached hydrogens (tertiary/aromatic N) is 2. The first-order valence-corrected chi connectivity index (χ1v) is 8.56. The molecule has 0 spiro atoms. The molecule has 2 amide bonds. The quantitative estimate of drug-likeness (QED) is 0.837. The molecule has 0 saturated carbocycles. The average Bonchev–Trinajstić information content (AvgIpc) is 3.21. The van der Waals surface area contributed by atoms with Crippen LogP contribution < -0.4 is 5.32 Å². The summed E-state index contributed by atoms with van der Waals surface area (Å²) in [4.78, 5) is 25.7. The number of carbonyl (C=O) groups excluding carboxylic acids is 2. The Bertz CT molecular complexity index is 847. The smallest absolute Gasteiger partial charge is 0.346 e. The number of aromatic amines is 1. The molecule has 1 aliphatic rings. The van der Waals surface area contributed by atoms with Gasteiger partial charge in [-0.25, -0.2) is 0 Å². The molecule has 1 unspecified atom stereocenters. The second-order valence-corrected chi connectivity index (χ2v) is 6.44. The van der Waals surface area contributed by atoms with E-state index in [4.69, 9.17) is 0 Å². The molecular formula is C18H19F3N4O2. The zero-order chi connectivity index (χ0) is 19.6. The van der Waals surface area contributed by atoms with Crippen molar-refractivity contribution in [2.45, 2.75) is 38.5 Å². The average molecular weight is 380 g/mol. The first-order chi connectivity index (χ1) is 12.8. The maximum absolute atomic E-state index is 13.1. The van der Waals surface area contributed by atoms with E-state index in [0.29, 0.717) is 6.42 Å². The molecule has 1 aliphatic heterocycles. The maximum atomic E-state index is 13.1. The number of alkyl halides is 3. The highest BCUT2D eigenvalue weighted by atomic mass is 19.4. The topological polar surface area (TPSA) is 78.1 Å². The zero-order valence-electron chi connectivity index (χ0n) is 14.6. The summed E-state index contributed by atoms with van der Waals surface area (Å²) in [5, 5.41) is 9.37. The largest absolute Gasteiger partial charge is 0.416 e. The Labute approximate surface area is 153 Å². The second kappa shape index (κ2) is 7.42. The van der Waals surface area contributed by atoms with E-state index in [1.165, 1.54) is 23.1 Å². The predicted molar refractivity (Wildman–Crippen MR) is 90.7 cm³/mol. The lowest BCUT2D eigenvalue weighted by Gasteiger charge is -2.20. The standard InChI is InChI=1S/C18H19F3N4O2/c1-2-12-7-15(24-23-12)17(27)22-13-8-16(26)25(10-13)9-11-5-3-4-6-14(11)18(19,20)21/h3-7,13H,2,8-10H2,1H3,(H,22,27)(H,23,24). The zero-order valence-corrected chi connectivity index (χ0v) is 14.6. The van der Waals surface area contributed by atoms with Crippen LogP contribution in [0.15, 0.2) is 30.3 Å². The monoisotopic (exact) mass is 380 g/mol. The highest BCUT2D eigenvalue weighted by Crippen LogP contribution is 2.32. The molecule has 3 rings (SSSR count). The normalized spacial score (nSPS) is 17.4. The van der Waals surface area contributed by atoms with Gasteiger partial charge in [0.25, 0.3) is 5.91 Å². The Balaban J connectivity index is 1.65. The molecule has 144 valence electrons. The first-order valence-electron chi connectivity index (χ1n) is 8.56. The Morgan fingerprint density at radius 2 is 2.11 bits per heavy atom. The minimum absolute atomic E-state index is 0.0326. The number of hydrogen-bond acceptors (Lipinski definition) is 3. The molecular weight excluding hydrogens is 361 g/mol. The molecule has 0 aliphatic carbocycles. The third kappa shape index (κ3) is 4.29. The van der Waals surface area contributed by atoms with Crippen molar-refractivity contribution in [3.05, 3.63) is 52.8 Å². The lowest BCUT2D eigenvalue weighted by Crippen LogP contribution is -2.37. The highest BCUT2D eigenvalue weighted by Gasteiger charge is 2.36. The second-order valence-electron chi connectivity index (χ2n) is 6.44. The molecule has 2 N–H and O–H groups in total. The number of carbonyl (C=O) groups is 2. The minimum Gasteiger partial charge on any atom is -0.346 e. The maximum Gasteiger partial charge on any atom is 0.416 e. The van der Waals surface area contributed by atoms with Crippen LogP contribution in [0.2, 0.25) is 0 Å². The minimum atomic E-state index is -4.48. The summed E-state index contributed by atoms with van der Waals surface area (Å²) >= 11 is 0. The van der Waals surface area contributed by atoms with Gasteiger partial charge in [0.2, 0.25) is 5.91 Å². The Kier molecular flexibility index (Phi) is 5.20. The van der Waals surface area contributed by atoms with E-state index < -0.39 is 23.7 Å². The molecule has 1 fully saturated rings.